The average Bonchev–Trinajstić information content (AvgIpc) is 3.81. The van der Waals surface area contributed by atoms with Crippen molar-refractivity contribution in [2.24, 2.45) is 5.92 Å². The van der Waals surface area contributed by atoms with Crippen LogP contribution in [-0.4, -0.2) is 48.2 Å². The Balaban J connectivity index is 1.000. The second kappa shape index (κ2) is 11.3. The highest BCUT2D eigenvalue weighted by Crippen LogP contribution is 2.39. The van der Waals surface area contributed by atoms with Crippen LogP contribution in [0.1, 0.15) is 60.1 Å². The highest BCUT2D eigenvalue weighted by Gasteiger charge is 2.37. The van der Waals surface area contributed by atoms with Gasteiger partial charge in [-0.3, -0.25) is 14.4 Å². The number of benzene rings is 2. The monoisotopic (exact) mass is 578 g/mol. The van der Waals surface area contributed by atoms with Crippen LogP contribution in [0.5, 0.6) is 0 Å². The first-order valence-electron chi connectivity index (χ1n) is 15.2. The van der Waals surface area contributed by atoms with Crippen molar-refractivity contribution in [3.8, 4) is 17.2 Å². The van der Waals surface area contributed by atoms with Crippen molar-refractivity contribution in [3.05, 3.63) is 70.4 Å². The first-order valence-corrected chi connectivity index (χ1v) is 15.2. The van der Waals surface area contributed by atoms with Crippen LogP contribution in [0.3, 0.4) is 0 Å². The maximum Gasteiger partial charge on any atom is 0.311 e. The summed E-state index contributed by atoms with van der Waals surface area (Å²) >= 11 is 0. The Hall–Kier alpha value is -4.42. The number of ether oxygens (including phenoxy) is 2. The molecule has 220 valence electrons. The Labute approximate surface area is 250 Å². The van der Waals surface area contributed by atoms with Gasteiger partial charge in [-0.2, -0.15) is 5.26 Å². The van der Waals surface area contributed by atoms with Gasteiger partial charge in [-0.25, -0.2) is 0 Å². The third-order valence-electron chi connectivity index (χ3n) is 9.25. The van der Waals surface area contributed by atoms with Gasteiger partial charge in [0.1, 0.15) is 11.9 Å². The number of amides is 2. The summed E-state index contributed by atoms with van der Waals surface area (Å²) in [6.45, 7) is 1.02. The zero-order valence-electron chi connectivity index (χ0n) is 24.1. The maximum atomic E-state index is 13.0. The van der Waals surface area contributed by atoms with Gasteiger partial charge in [0.05, 0.1) is 24.1 Å². The van der Waals surface area contributed by atoms with Crippen molar-refractivity contribution in [3.63, 3.8) is 0 Å². The molecule has 0 spiro atoms. The summed E-state index contributed by atoms with van der Waals surface area (Å²) in [5.74, 6) is -1.41. The van der Waals surface area contributed by atoms with Gasteiger partial charge in [0.15, 0.2) is 6.61 Å². The molecule has 1 aromatic heterocycles. The van der Waals surface area contributed by atoms with Gasteiger partial charge in [0, 0.05) is 31.0 Å². The fourth-order valence-corrected chi connectivity index (χ4v) is 7.15. The Morgan fingerprint density at radius 3 is 2.74 bits per heavy atom. The number of carbonyl (C=O) groups excluding carboxylic acids is 3. The van der Waals surface area contributed by atoms with Crippen LogP contribution >= 0.6 is 0 Å². The van der Waals surface area contributed by atoms with Crippen molar-refractivity contribution in [2.45, 2.75) is 64.0 Å². The molecule has 2 fully saturated rings. The van der Waals surface area contributed by atoms with Gasteiger partial charge in [0.25, 0.3) is 5.91 Å². The quantitative estimate of drug-likeness (QED) is 0.323. The Kier molecular flexibility index (Phi) is 7.23. The number of esters is 1. The number of aromatic nitrogens is 1. The minimum atomic E-state index is -0.656. The molecule has 2 aromatic carbocycles. The molecule has 7 rings (SSSR count). The largest absolute Gasteiger partial charge is 0.455 e. The predicted molar refractivity (Wildman–Crippen MR) is 159 cm³/mol. The van der Waals surface area contributed by atoms with E-state index in [1.807, 2.05) is 34.9 Å². The van der Waals surface area contributed by atoms with E-state index in [1.165, 1.54) is 16.7 Å². The second-order valence-electron chi connectivity index (χ2n) is 12.0. The standard InChI is InChI=1S/C34H34N4O5/c35-17-29-28-9-3-4-10-30(28)38(19-25-7-5-13-42-25)33(29)36-31(39)20-43-34(41)23-16-32(40)37(18-23)24-11-12-27-22(15-24)14-21-6-1-2-8-26(21)27/h1-2,6,8,11-12,15,23,25H,3-5,7,9-10,13-14,16,18-20H2,(H,36,39). The molecule has 2 saturated heterocycles. The van der Waals surface area contributed by atoms with Crippen LogP contribution in [0, 0.1) is 17.2 Å². The van der Waals surface area contributed by atoms with Gasteiger partial charge in [-0.15, -0.1) is 0 Å². The van der Waals surface area contributed by atoms with Crippen molar-refractivity contribution >= 4 is 29.3 Å². The molecule has 2 aliphatic carbocycles. The topological polar surface area (TPSA) is 114 Å². The molecule has 2 aliphatic heterocycles. The third kappa shape index (κ3) is 5.10. The van der Waals surface area contributed by atoms with Crippen molar-refractivity contribution in [1.29, 1.82) is 5.26 Å². The lowest BCUT2D eigenvalue weighted by Crippen LogP contribution is -2.29. The number of fused-ring (bicyclic) bond motifs is 4. The molecular weight excluding hydrogens is 544 g/mol. The Morgan fingerprint density at radius 2 is 1.91 bits per heavy atom. The third-order valence-corrected chi connectivity index (χ3v) is 9.25. The van der Waals surface area contributed by atoms with E-state index < -0.39 is 24.4 Å². The molecule has 2 unspecified atom stereocenters. The molecule has 0 saturated carbocycles. The molecule has 0 bridgehead atoms. The first-order chi connectivity index (χ1) is 21.0. The number of carbonyl (C=O) groups is 3. The van der Waals surface area contributed by atoms with Gasteiger partial charge in [0.2, 0.25) is 5.91 Å². The molecule has 2 atom stereocenters. The molecule has 0 radical (unpaired) electrons. The highest BCUT2D eigenvalue weighted by molar-refractivity contribution is 6.00. The zero-order valence-corrected chi connectivity index (χ0v) is 24.1. The SMILES string of the molecule is N#Cc1c2c(n(CC3CCCO3)c1NC(=O)COC(=O)C1CC(=O)N(c3ccc4c(c3)Cc3ccccc3-4)C1)CCCC2. The van der Waals surface area contributed by atoms with Crippen LogP contribution in [-0.2, 0) is 49.7 Å². The molecule has 2 amide bonds. The van der Waals surface area contributed by atoms with Gasteiger partial charge < -0.3 is 24.3 Å². The van der Waals surface area contributed by atoms with Crippen LogP contribution in [0.4, 0.5) is 11.5 Å². The fraction of sp³-hybridized carbons (Fsp3) is 0.412. The van der Waals surface area contributed by atoms with Crippen LogP contribution in [0.25, 0.3) is 11.1 Å². The van der Waals surface area contributed by atoms with Gasteiger partial charge in [-0.05, 0) is 84.9 Å². The number of nitrogens with one attached hydrogen (secondary N) is 1. The molecule has 9 heteroatoms. The highest BCUT2D eigenvalue weighted by atomic mass is 16.5. The van der Waals surface area contributed by atoms with E-state index in [2.05, 4.69) is 23.5 Å². The summed E-state index contributed by atoms with van der Waals surface area (Å²) in [5, 5.41) is 12.9. The predicted octanol–water partition coefficient (Wildman–Crippen LogP) is 4.52. The molecule has 43 heavy (non-hydrogen) atoms. The lowest BCUT2D eigenvalue weighted by atomic mass is 9.95. The summed E-state index contributed by atoms with van der Waals surface area (Å²) in [6, 6.07) is 16.6. The summed E-state index contributed by atoms with van der Waals surface area (Å²) in [7, 11) is 0. The smallest absolute Gasteiger partial charge is 0.311 e. The lowest BCUT2D eigenvalue weighted by molar-refractivity contribution is -0.151. The number of hydrogen-bond donors (Lipinski definition) is 1. The number of rotatable bonds is 7. The van der Waals surface area contributed by atoms with Crippen molar-refractivity contribution in [2.75, 3.05) is 30.0 Å². The maximum absolute atomic E-state index is 13.0. The molecule has 9 nitrogen and oxygen atoms in total. The van der Waals surface area contributed by atoms with Crippen LogP contribution in [0.15, 0.2) is 42.5 Å². The average molecular weight is 579 g/mol. The summed E-state index contributed by atoms with van der Waals surface area (Å²) in [4.78, 5) is 40.6. The van der Waals surface area contributed by atoms with E-state index in [0.717, 1.165) is 74.1 Å². The Bertz CT molecular complexity index is 1660. The van der Waals surface area contributed by atoms with Gasteiger partial charge >= 0.3 is 5.97 Å². The molecule has 3 aromatic rings. The summed E-state index contributed by atoms with van der Waals surface area (Å²) in [6.07, 6.45) is 6.53. The summed E-state index contributed by atoms with van der Waals surface area (Å²) < 4.78 is 13.3. The number of anilines is 2. The van der Waals surface area contributed by atoms with E-state index in [1.54, 1.807) is 4.90 Å². The van der Waals surface area contributed by atoms with Crippen LogP contribution in [0.2, 0.25) is 0 Å². The minimum absolute atomic E-state index is 0.0350. The van der Waals surface area contributed by atoms with Crippen molar-refractivity contribution < 1.29 is 23.9 Å². The molecular formula is C34H34N4O5. The number of nitriles is 1. The Morgan fingerprint density at radius 1 is 1.07 bits per heavy atom. The van der Waals surface area contributed by atoms with E-state index in [0.29, 0.717) is 17.9 Å². The second-order valence-corrected chi connectivity index (χ2v) is 12.0. The van der Waals surface area contributed by atoms with E-state index in [4.69, 9.17) is 9.47 Å². The molecule has 1 N–H and O–H groups in total. The van der Waals surface area contributed by atoms with E-state index in [9.17, 15) is 19.6 Å². The zero-order chi connectivity index (χ0) is 29.5. The van der Waals surface area contributed by atoms with E-state index >= 15 is 0 Å². The number of nitrogens with zero attached hydrogens (tertiary/aromatic N) is 3. The van der Waals surface area contributed by atoms with E-state index in [-0.39, 0.29) is 25.0 Å². The van der Waals surface area contributed by atoms with Gasteiger partial charge in [-0.1, -0.05) is 30.3 Å². The lowest BCUT2D eigenvalue weighted by Gasteiger charge is -2.20. The molecule has 4 aliphatic rings. The van der Waals surface area contributed by atoms with Crippen LogP contribution < -0.4 is 10.2 Å². The minimum Gasteiger partial charge on any atom is -0.455 e. The van der Waals surface area contributed by atoms with Crippen molar-refractivity contribution in [1.82, 2.24) is 4.57 Å². The number of hydrogen-bond acceptors (Lipinski definition) is 6. The fourth-order valence-electron chi connectivity index (χ4n) is 7.15. The molecule has 3 heterocycles. The summed E-state index contributed by atoms with van der Waals surface area (Å²) in [5.41, 5.74) is 8.17. The first kappa shape index (κ1) is 27.4. The normalized spacial score (nSPS) is 20.3.